The summed E-state index contributed by atoms with van der Waals surface area (Å²) in [6, 6.07) is 69.9. The van der Waals surface area contributed by atoms with Crippen molar-refractivity contribution in [3.05, 3.63) is 200 Å². The number of aromatic nitrogens is 3. The Balaban J connectivity index is 1.10. The van der Waals surface area contributed by atoms with Crippen LogP contribution in [0.15, 0.2) is 205 Å². The summed E-state index contributed by atoms with van der Waals surface area (Å²) >= 11 is 0. The van der Waals surface area contributed by atoms with Crippen LogP contribution in [-0.4, -0.2) is 15.0 Å². The lowest BCUT2D eigenvalue weighted by Crippen LogP contribution is -2.01. The van der Waals surface area contributed by atoms with Gasteiger partial charge >= 0.3 is 0 Å². The van der Waals surface area contributed by atoms with E-state index >= 15 is 0 Å². The van der Waals surface area contributed by atoms with Gasteiger partial charge in [0, 0.05) is 32.8 Å². The van der Waals surface area contributed by atoms with Gasteiger partial charge in [0.2, 0.25) is 0 Å². The first kappa shape index (κ1) is 32.7. The lowest BCUT2D eigenvalue weighted by Gasteiger charge is -2.15. The molecule has 0 radical (unpaired) electrons. The maximum absolute atomic E-state index is 6.61. The molecule has 0 saturated heterocycles. The van der Waals surface area contributed by atoms with E-state index in [1.54, 1.807) is 0 Å². The summed E-state index contributed by atoms with van der Waals surface area (Å²) in [4.78, 5) is 15.3. The highest BCUT2D eigenvalue weighted by Gasteiger charge is 2.20. The molecular formula is C53H33N3O. The third-order valence-corrected chi connectivity index (χ3v) is 11.0. The van der Waals surface area contributed by atoms with Crippen molar-refractivity contribution in [1.82, 2.24) is 15.0 Å². The van der Waals surface area contributed by atoms with E-state index in [1.807, 2.05) is 36.4 Å². The second-order valence-electron chi connectivity index (χ2n) is 14.3. The summed E-state index contributed by atoms with van der Waals surface area (Å²) in [6.07, 6.45) is 0. The van der Waals surface area contributed by atoms with E-state index in [0.29, 0.717) is 17.5 Å². The first-order valence-electron chi connectivity index (χ1n) is 19.2. The molecule has 11 aromatic rings. The molecule has 0 saturated carbocycles. The van der Waals surface area contributed by atoms with Gasteiger partial charge in [-0.15, -0.1) is 0 Å². The fraction of sp³-hybridized carbons (Fsp3) is 0. The van der Waals surface area contributed by atoms with Crippen LogP contribution in [-0.2, 0) is 0 Å². The van der Waals surface area contributed by atoms with Gasteiger partial charge in [-0.05, 0) is 73.8 Å². The zero-order valence-electron chi connectivity index (χ0n) is 30.8. The third kappa shape index (κ3) is 5.74. The predicted octanol–water partition coefficient (Wildman–Crippen LogP) is 14.1. The van der Waals surface area contributed by atoms with Crippen molar-refractivity contribution in [1.29, 1.82) is 0 Å². The highest BCUT2D eigenvalue weighted by atomic mass is 16.3. The standard InChI is InChI=1S/C53H33N3O/c1-4-14-34(15-5-1)36-24-26-38(27-25-36)52-54-51(37-18-8-3-9-19-37)55-53(56-52)45-30-29-43(40-20-10-11-21-41(40)45)46-33-48-47-32-39(35-16-6-2-7-17-35)28-31-49(47)57-50(48)44-23-13-12-22-42(44)46/h1-33H. The molecule has 0 atom stereocenters. The summed E-state index contributed by atoms with van der Waals surface area (Å²) in [5.41, 5.74) is 11.5. The lowest BCUT2D eigenvalue weighted by atomic mass is 9.90. The molecule has 0 N–H and O–H groups in total. The number of benzene rings is 9. The summed E-state index contributed by atoms with van der Waals surface area (Å²) in [5, 5.41) is 6.60. The zero-order valence-corrected chi connectivity index (χ0v) is 30.8. The fourth-order valence-corrected chi connectivity index (χ4v) is 8.14. The van der Waals surface area contributed by atoms with Gasteiger partial charge in [-0.2, -0.15) is 0 Å². The Bertz CT molecular complexity index is 3260. The molecule has 0 amide bonds. The van der Waals surface area contributed by atoms with Gasteiger partial charge in [0.05, 0.1) is 0 Å². The third-order valence-electron chi connectivity index (χ3n) is 11.0. The van der Waals surface area contributed by atoms with E-state index in [1.165, 1.54) is 11.1 Å². The largest absolute Gasteiger partial charge is 0.455 e. The predicted molar refractivity (Wildman–Crippen MR) is 235 cm³/mol. The first-order chi connectivity index (χ1) is 28.2. The minimum Gasteiger partial charge on any atom is -0.455 e. The Morgan fingerprint density at radius 2 is 0.702 bits per heavy atom. The molecule has 2 heterocycles. The smallest absolute Gasteiger partial charge is 0.164 e. The number of fused-ring (bicyclic) bond motifs is 6. The molecule has 4 heteroatoms. The Hall–Kier alpha value is -7.69. The highest BCUT2D eigenvalue weighted by Crippen LogP contribution is 2.44. The van der Waals surface area contributed by atoms with Crippen molar-refractivity contribution in [2.45, 2.75) is 0 Å². The number of rotatable bonds is 6. The fourth-order valence-electron chi connectivity index (χ4n) is 8.14. The second-order valence-corrected chi connectivity index (χ2v) is 14.3. The summed E-state index contributed by atoms with van der Waals surface area (Å²) in [6.45, 7) is 0. The van der Waals surface area contributed by atoms with Crippen molar-refractivity contribution >= 4 is 43.5 Å². The SMILES string of the molecule is c1ccc(-c2ccc(-c3nc(-c4ccccc4)nc(-c4ccc(-c5cc6c7cc(-c8ccccc8)ccc7oc6c6ccccc56)c5ccccc45)n3)cc2)cc1. The zero-order chi connectivity index (χ0) is 37.7. The van der Waals surface area contributed by atoms with Crippen LogP contribution in [0.5, 0.6) is 0 Å². The average Bonchev–Trinajstić information content (AvgIpc) is 3.67. The molecule has 0 unspecified atom stereocenters. The Labute approximate surface area is 329 Å². The number of nitrogens with zero attached hydrogens (tertiary/aromatic N) is 3. The normalized spacial score (nSPS) is 11.5. The molecule has 0 aliphatic heterocycles. The van der Waals surface area contributed by atoms with Crippen LogP contribution in [0.3, 0.4) is 0 Å². The van der Waals surface area contributed by atoms with Crippen LogP contribution in [0.4, 0.5) is 0 Å². The number of hydrogen-bond donors (Lipinski definition) is 0. The van der Waals surface area contributed by atoms with E-state index in [9.17, 15) is 0 Å². The van der Waals surface area contributed by atoms with Crippen molar-refractivity contribution < 1.29 is 4.42 Å². The van der Waals surface area contributed by atoms with Crippen LogP contribution in [0, 0.1) is 0 Å². The molecule has 9 aromatic carbocycles. The van der Waals surface area contributed by atoms with Gasteiger partial charge in [0.15, 0.2) is 17.5 Å². The van der Waals surface area contributed by atoms with Gasteiger partial charge in [-0.1, -0.05) is 176 Å². The van der Waals surface area contributed by atoms with E-state index in [0.717, 1.165) is 82.4 Å². The Kier molecular flexibility index (Phi) is 7.78. The summed E-state index contributed by atoms with van der Waals surface area (Å²) in [7, 11) is 0. The minimum atomic E-state index is 0.628. The molecule has 2 aromatic heterocycles. The van der Waals surface area contributed by atoms with E-state index < -0.39 is 0 Å². The number of furan rings is 1. The van der Waals surface area contributed by atoms with Crippen molar-refractivity contribution in [2.24, 2.45) is 0 Å². The Morgan fingerprint density at radius 1 is 0.263 bits per heavy atom. The molecule has 0 bridgehead atoms. The molecule has 57 heavy (non-hydrogen) atoms. The van der Waals surface area contributed by atoms with Gasteiger partial charge in [0.1, 0.15) is 11.2 Å². The summed E-state index contributed by atoms with van der Waals surface area (Å²) < 4.78 is 6.61. The average molecular weight is 728 g/mol. The topological polar surface area (TPSA) is 51.8 Å². The molecule has 0 spiro atoms. The molecule has 0 aliphatic carbocycles. The number of hydrogen-bond acceptors (Lipinski definition) is 4. The van der Waals surface area contributed by atoms with E-state index in [2.05, 4.69) is 164 Å². The van der Waals surface area contributed by atoms with Crippen molar-refractivity contribution in [2.75, 3.05) is 0 Å². The highest BCUT2D eigenvalue weighted by molar-refractivity contribution is 6.21. The van der Waals surface area contributed by atoms with Crippen LogP contribution in [0.2, 0.25) is 0 Å². The van der Waals surface area contributed by atoms with Crippen molar-refractivity contribution in [3.63, 3.8) is 0 Å². The van der Waals surface area contributed by atoms with Crippen LogP contribution >= 0.6 is 0 Å². The maximum atomic E-state index is 6.61. The first-order valence-corrected chi connectivity index (χ1v) is 19.2. The van der Waals surface area contributed by atoms with Crippen LogP contribution in [0.1, 0.15) is 0 Å². The quantitative estimate of drug-likeness (QED) is 0.171. The molecule has 0 fully saturated rings. The van der Waals surface area contributed by atoms with Gasteiger partial charge in [-0.3, -0.25) is 0 Å². The van der Waals surface area contributed by atoms with E-state index in [-0.39, 0.29) is 0 Å². The van der Waals surface area contributed by atoms with Gasteiger partial charge in [-0.25, -0.2) is 15.0 Å². The molecule has 0 aliphatic rings. The van der Waals surface area contributed by atoms with Gasteiger partial charge in [0.25, 0.3) is 0 Å². The molecule has 266 valence electrons. The van der Waals surface area contributed by atoms with Crippen LogP contribution < -0.4 is 0 Å². The lowest BCUT2D eigenvalue weighted by molar-refractivity contribution is 0.673. The molecule has 11 rings (SSSR count). The second kappa shape index (κ2) is 13.6. The maximum Gasteiger partial charge on any atom is 0.164 e. The summed E-state index contributed by atoms with van der Waals surface area (Å²) in [5.74, 6) is 1.89. The van der Waals surface area contributed by atoms with Crippen molar-refractivity contribution in [3.8, 4) is 67.5 Å². The van der Waals surface area contributed by atoms with E-state index in [4.69, 9.17) is 19.4 Å². The van der Waals surface area contributed by atoms with Crippen LogP contribution in [0.25, 0.3) is 111 Å². The monoisotopic (exact) mass is 727 g/mol. The molecule has 4 nitrogen and oxygen atoms in total. The molecular weight excluding hydrogens is 695 g/mol. The van der Waals surface area contributed by atoms with Gasteiger partial charge < -0.3 is 4.42 Å². The Morgan fingerprint density at radius 3 is 1.35 bits per heavy atom. The minimum absolute atomic E-state index is 0.628.